The highest BCUT2D eigenvalue weighted by molar-refractivity contribution is 6.00. The highest BCUT2D eigenvalue weighted by atomic mass is 16.5. The molecule has 9 aromatic carbocycles. The van der Waals surface area contributed by atoms with Crippen molar-refractivity contribution in [3.8, 4) is 57.2 Å². The molecule has 139 heavy (non-hydrogen) atoms. The van der Waals surface area contributed by atoms with Crippen LogP contribution in [0.4, 0.5) is 11.4 Å². The van der Waals surface area contributed by atoms with E-state index in [2.05, 4.69) is 76.8 Å². The lowest BCUT2D eigenvalue weighted by Crippen LogP contribution is -2.31. The second-order valence-electron chi connectivity index (χ2n) is 36.7. The van der Waals surface area contributed by atoms with Gasteiger partial charge in [0.05, 0.1) is 44.5 Å². The van der Waals surface area contributed by atoms with E-state index in [9.17, 15) is 43.2 Å². The Kier molecular flexibility index (Phi) is 40.0. The number of aliphatic carboxylic acids is 2. The zero-order chi connectivity index (χ0) is 98.2. The quantitative estimate of drug-likeness (QED) is 0.00839. The minimum atomic E-state index is -1.03. The standard InChI is InChI=1S/C36H45N5O3.C28H36N4O3.C23H24N2O4.C14H20N2O.C9H8O4.CH4/c1-25-11-12-27(21-26(25)2)23-38-36(43)29-15-18-33-32(22-29)39-35(41(33)30-9-6-5-7-10-30)28-13-16-31(17-14-28)44-24-34(42)37-19-8-20-40(3)4;1-20(33)22-12-15-26-25(18-22)30-28(32(26)23-8-5-4-6-9-23)21-10-13-24(14-11-21)35-19-27(34)29-16-7-17-31(2)3;1-15(26)17-9-12-21-20(13-17)24-23(25(21)18-5-3-2-4-6-18)16-7-10-19(11-8-16)29-14-22(27)28;1-10(17)11-7-8-14(13(15)9-11)16-12-5-3-2-4-6-12;10-5-7-1-3-8(4-2-7)13-6-9(11)12;/h11-18,21-22,30H,5-10,19-20,23-24H2,1-4H3,(H,37,42)(H,38,43);10-15,18,23H,4-9,16-17,19H2,1-3H3,(H,29,34);7-13,18H,2-6,14H2,1H3,(H,27,28);7-9,12,16H,2-6,15H2,1H3;1-5H,6H2,(H,11,12);1H4. The van der Waals surface area contributed by atoms with Crippen molar-refractivity contribution in [1.29, 1.82) is 0 Å². The fourth-order valence-electron chi connectivity index (χ4n) is 17.9. The van der Waals surface area contributed by atoms with Gasteiger partial charge in [-0.3, -0.25) is 33.6 Å². The molecule has 3 aromatic heterocycles. The summed E-state index contributed by atoms with van der Waals surface area (Å²) >= 11 is 0. The van der Waals surface area contributed by atoms with Gasteiger partial charge in [0.2, 0.25) is 0 Å². The molecule has 4 aliphatic rings. The van der Waals surface area contributed by atoms with Crippen molar-refractivity contribution in [2.24, 2.45) is 0 Å². The fraction of sp³-hybridized carbons (Fsp3) is 0.405. The van der Waals surface area contributed by atoms with E-state index in [1.54, 1.807) is 63.2 Å². The van der Waals surface area contributed by atoms with Crippen LogP contribution in [0.15, 0.2) is 188 Å². The normalized spacial score (nSPS) is 14.0. The molecule has 4 aliphatic carbocycles. The monoisotopic (exact) mass is 1890 g/mol. The van der Waals surface area contributed by atoms with Gasteiger partial charge in [0, 0.05) is 88.3 Å². The summed E-state index contributed by atoms with van der Waals surface area (Å²) in [4.78, 5) is 122. The number of hydrogen-bond acceptors (Lipinski definition) is 20. The number of Topliss-reactive ketones (excluding diaryl/α,β-unsaturated/α-hetero) is 3. The Labute approximate surface area is 815 Å². The maximum Gasteiger partial charge on any atom is 0.341 e. The number of rotatable bonds is 35. The van der Waals surface area contributed by atoms with E-state index in [0.717, 1.165) is 143 Å². The summed E-state index contributed by atoms with van der Waals surface area (Å²) < 4.78 is 28.6. The smallest absolute Gasteiger partial charge is 0.341 e. The SMILES string of the molecule is C.CC(=O)c1ccc(NC2CCCCC2)c(N)c1.CC(=O)c1ccc2c(c1)nc(-c1ccc(OCC(=O)NCCCN(C)C)cc1)n2C1CCCCC1.CC(=O)c1ccc2c(c1)nc(-c1ccc(OCC(=O)O)cc1)n2C1CCCCC1.Cc1ccc(CNC(=O)c2ccc3c(c2)nc(-c2ccc(OCC(=O)NCCCN(C)C)cc2)n3C2CCCCC2)cc1C.O=Cc1ccc(OCC(=O)O)cc1. The van der Waals surface area contributed by atoms with Crippen LogP contribution in [0.25, 0.3) is 67.3 Å². The maximum atomic E-state index is 13.1. The molecule has 0 radical (unpaired) electrons. The van der Waals surface area contributed by atoms with Crippen LogP contribution in [0.3, 0.4) is 0 Å². The number of aldehydes is 1. The molecule has 0 atom stereocenters. The predicted octanol–water partition coefficient (Wildman–Crippen LogP) is 20.7. The van der Waals surface area contributed by atoms with Crippen molar-refractivity contribution in [2.45, 2.75) is 214 Å². The number of ether oxygens (including phenoxy) is 4. The third-order valence-electron chi connectivity index (χ3n) is 25.4. The number of aryl methyl sites for hydroxylation is 2. The molecule has 16 rings (SSSR count). The van der Waals surface area contributed by atoms with E-state index in [1.807, 2.05) is 156 Å². The molecule has 28 nitrogen and oxygen atoms in total. The van der Waals surface area contributed by atoms with Gasteiger partial charge in [0.15, 0.2) is 43.8 Å². The molecule has 3 amide bonds. The number of nitrogens with two attached hydrogens (primary N) is 1. The first-order valence-corrected chi connectivity index (χ1v) is 48.4. The molecule has 0 saturated heterocycles. The molecule has 3 heterocycles. The Morgan fingerprint density at radius 3 is 1.11 bits per heavy atom. The molecule has 0 unspecified atom stereocenters. The third kappa shape index (κ3) is 31.1. The number of carbonyl (C=O) groups excluding carboxylic acids is 7. The van der Waals surface area contributed by atoms with Crippen LogP contribution >= 0.6 is 0 Å². The Balaban J connectivity index is 0.000000175. The van der Waals surface area contributed by atoms with E-state index in [1.165, 1.54) is 101 Å². The number of anilines is 2. The number of imidazole rings is 3. The van der Waals surface area contributed by atoms with Crippen LogP contribution < -0.4 is 45.9 Å². The van der Waals surface area contributed by atoms with Gasteiger partial charge in [0.1, 0.15) is 46.8 Å². The number of ketones is 3. The average molecular weight is 1890 g/mol. The summed E-state index contributed by atoms with van der Waals surface area (Å²) in [5.41, 5.74) is 22.9. The molecule has 0 spiro atoms. The molecule has 12 aromatic rings. The number of carboxylic acids is 2. The summed E-state index contributed by atoms with van der Waals surface area (Å²) in [5, 5.41) is 29.4. The first-order valence-electron chi connectivity index (χ1n) is 48.4. The Hall–Kier alpha value is -13.9. The van der Waals surface area contributed by atoms with E-state index >= 15 is 0 Å². The minimum absolute atomic E-state index is 0. The molecular weight excluding hydrogens is 1760 g/mol. The second kappa shape index (κ2) is 52.6. The van der Waals surface area contributed by atoms with Crippen LogP contribution in [-0.4, -0.2) is 189 Å². The van der Waals surface area contributed by atoms with Crippen molar-refractivity contribution < 1.29 is 72.3 Å². The van der Waals surface area contributed by atoms with Crippen molar-refractivity contribution in [3.05, 3.63) is 233 Å². The van der Waals surface area contributed by atoms with Gasteiger partial charge in [0.25, 0.3) is 17.7 Å². The number of carboxylic acid groups (broad SMARTS) is 2. The molecular formula is C111H137N13O15. The molecule has 736 valence electrons. The van der Waals surface area contributed by atoms with Crippen LogP contribution in [0.2, 0.25) is 0 Å². The largest absolute Gasteiger partial charge is 0.484 e. The number of hydrogen-bond donors (Lipinski definition) is 7. The van der Waals surface area contributed by atoms with Gasteiger partial charge in [-0.05, 0) is 327 Å². The zero-order valence-corrected chi connectivity index (χ0v) is 81.1. The first kappa shape index (κ1) is 106. The summed E-state index contributed by atoms with van der Waals surface area (Å²) in [6.45, 7) is 11.7. The van der Waals surface area contributed by atoms with Crippen molar-refractivity contribution in [1.82, 2.24) is 54.4 Å². The van der Waals surface area contributed by atoms with E-state index in [4.69, 9.17) is 49.8 Å². The lowest BCUT2D eigenvalue weighted by molar-refractivity contribution is -0.140. The molecule has 28 heteroatoms. The van der Waals surface area contributed by atoms with Crippen LogP contribution in [0.5, 0.6) is 23.0 Å². The van der Waals surface area contributed by atoms with Gasteiger partial charge in [-0.25, -0.2) is 24.5 Å². The lowest BCUT2D eigenvalue weighted by atomic mass is 9.94. The fourth-order valence-corrected chi connectivity index (χ4v) is 17.9. The number of aromatic nitrogens is 6. The maximum absolute atomic E-state index is 13.1. The molecule has 8 N–H and O–H groups in total. The second-order valence-corrected chi connectivity index (χ2v) is 36.7. The summed E-state index contributed by atoms with van der Waals surface area (Å²) in [6, 6.07) is 60.0. The summed E-state index contributed by atoms with van der Waals surface area (Å²) in [7, 11) is 8.07. The van der Waals surface area contributed by atoms with Crippen LogP contribution in [0, 0.1) is 13.8 Å². The van der Waals surface area contributed by atoms with Gasteiger partial charge in [-0.2, -0.15) is 0 Å². The predicted molar refractivity (Wildman–Crippen MR) is 548 cm³/mol. The van der Waals surface area contributed by atoms with Gasteiger partial charge < -0.3 is 79.7 Å². The number of amides is 3. The highest BCUT2D eigenvalue weighted by Crippen LogP contribution is 2.41. The number of fused-ring (bicyclic) bond motifs is 3. The van der Waals surface area contributed by atoms with Crippen LogP contribution in [0.1, 0.15) is 256 Å². The van der Waals surface area contributed by atoms with E-state index in [-0.39, 0.29) is 68.9 Å². The number of nitrogens with one attached hydrogen (secondary N) is 4. The third-order valence-corrected chi connectivity index (χ3v) is 25.4. The number of nitrogens with zero attached hydrogens (tertiary/aromatic N) is 8. The van der Waals surface area contributed by atoms with Gasteiger partial charge in [-0.1, -0.05) is 103 Å². The van der Waals surface area contributed by atoms with Gasteiger partial charge >= 0.3 is 11.9 Å². The van der Waals surface area contributed by atoms with Crippen LogP contribution in [-0.2, 0) is 25.7 Å². The number of carbonyl (C=O) groups is 9. The van der Waals surface area contributed by atoms with E-state index < -0.39 is 11.9 Å². The number of nitrogen functional groups attached to an aromatic ring is 1. The zero-order valence-electron chi connectivity index (χ0n) is 81.1. The molecule has 4 fully saturated rings. The Bertz CT molecular complexity index is 6120. The highest BCUT2D eigenvalue weighted by Gasteiger charge is 2.28. The van der Waals surface area contributed by atoms with Crippen molar-refractivity contribution >= 4 is 97.8 Å². The van der Waals surface area contributed by atoms with E-state index in [0.29, 0.717) is 107 Å². The van der Waals surface area contributed by atoms with Crippen molar-refractivity contribution in [3.63, 3.8) is 0 Å². The summed E-state index contributed by atoms with van der Waals surface area (Å²) in [5.74, 6) is 2.66. The molecule has 0 bridgehead atoms. The summed E-state index contributed by atoms with van der Waals surface area (Å²) in [6.07, 6.45) is 26.7. The lowest BCUT2D eigenvalue weighted by Gasteiger charge is -2.25. The van der Waals surface area contributed by atoms with Crippen molar-refractivity contribution in [2.75, 3.05) is 91.8 Å². The Morgan fingerprint density at radius 1 is 0.410 bits per heavy atom. The molecule has 0 aliphatic heterocycles. The Morgan fingerprint density at radius 2 is 0.755 bits per heavy atom. The minimum Gasteiger partial charge on any atom is -0.484 e. The topological polar surface area (TPSA) is 365 Å². The first-order chi connectivity index (χ1) is 66.6. The molecule has 4 saturated carbocycles. The average Bonchev–Trinajstić information content (AvgIpc) is 1.62. The van der Waals surface area contributed by atoms with Gasteiger partial charge in [-0.15, -0.1) is 0 Å². The number of benzene rings is 9.